The highest BCUT2D eigenvalue weighted by Gasteiger charge is 2.27. The molecular formula is C18H32S4. The summed E-state index contributed by atoms with van der Waals surface area (Å²) in [6, 6.07) is 0. The van der Waals surface area contributed by atoms with Crippen LogP contribution in [0, 0.1) is 0 Å². The van der Waals surface area contributed by atoms with Gasteiger partial charge in [0.2, 0.25) is 0 Å². The van der Waals surface area contributed by atoms with Crippen LogP contribution in [0.25, 0.3) is 0 Å². The molecule has 22 heavy (non-hydrogen) atoms. The summed E-state index contributed by atoms with van der Waals surface area (Å²) in [5.74, 6) is 5.66. The fourth-order valence-electron chi connectivity index (χ4n) is 3.94. The van der Waals surface area contributed by atoms with Crippen LogP contribution in [0.3, 0.4) is 0 Å². The van der Waals surface area contributed by atoms with Crippen LogP contribution in [-0.4, -0.2) is 44.0 Å². The molecule has 4 heteroatoms. The van der Waals surface area contributed by atoms with Crippen molar-refractivity contribution in [1.29, 1.82) is 0 Å². The lowest BCUT2D eigenvalue weighted by atomic mass is 10.00. The monoisotopic (exact) mass is 376 g/mol. The van der Waals surface area contributed by atoms with Crippen LogP contribution in [0.15, 0.2) is 0 Å². The Kier molecular flexibility index (Phi) is 8.61. The van der Waals surface area contributed by atoms with Gasteiger partial charge in [-0.05, 0) is 61.5 Å². The highest BCUT2D eigenvalue weighted by Crippen LogP contribution is 2.40. The fourth-order valence-corrected chi connectivity index (χ4v) is 10.4. The Hall–Kier alpha value is 1.40. The molecule has 0 bridgehead atoms. The summed E-state index contributed by atoms with van der Waals surface area (Å²) >= 11 is 9.29. The summed E-state index contributed by atoms with van der Waals surface area (Å²) in [4.78, 5) is 0. The molecular weight excluding hydrogens is 344 g/mol. The van der Waals surface area contributed by atoms with Crippen molar-refractivity contribution in [3.63, 3.8) is 0 Å². The minimum absolute atomic E-state index is 0.974. The number of fused-ring (bicyclic) bond motifs is 2. The van der Waals surface area contributed by atoms with E-state index in [-0.39, 0.29) is 0 Å². The van der Waals surface area contributed by atoms with Crippen LogP contribution < -0.4 is 0 Å². The quantitative estimate of drug-likeness (QED) is 0.484. The van der Waals surface area contributed by atoms with Gasteiger partial charge in [-0.15, -0.1) is 0 Å². The van der Waals surface area contributed by atoms with Crippen LogP contribution in [0.2, 0.25) is 0 Å². The number of rotatable bonds is 0. The van der Waals surface area contributed by atoms with Gasteiger partial charge in [-0.3, -0.25) is 0 Å². The van der Waals surface area contributed by atoms with Crippen molar-refractivity contribution in [3.05, 3.63) is 0 Å². The number of hydrogen-bond acceptors (Lipinski definition) is 4. The van der Waals surface area contributed by atoms with E-state index in [0.717, 1.165) is 21.0 Å². The average molecular weight is 377 g/mol. The smallest absolute Gasteiger partial charge is 0.0166 e. The molecule has 0 unspecified atom stereocenters. The Morgan fingerprint density at radius 1 is 0.364 bits per heavy atom. The summed E-state index contributed by atoms with van der Waals surface area (Å²) in [6.45, 7) is 0. The second-order valence-corrected chi connectivity index (χ2v) is 12.3. The van der Waals surface area contributed by atoms with Crippen LogP contribution in [-0.2, 0) is 0 Å². The minimum Gasteiger partial charge on any atom is -0.157 e. The first-order chi connectivity index (χ1) is 10.9. The zero-order valence-electron chi connectivity index (χ0n) is 13.8. The zero-order valence-corrected chi connectivity index (χ0v) is 17.1. The molecule has 128 valence electrons. The van der Waals surface area contributed by atoms with E-state index in [9.17, 15) is 0 Å². The van der Waals surface area contributed by atoms with Gasteiger partial charge in [-0.1, -0.05) is 25.7 Å². The van der Waals surface area contributed by atoms with E-state index in [2.05, 4.69) is 47.0 Å². The highest BCUT2D eigenvalue weighted by atomic mass is 32.2. The Labute approximate surface area is 154 Å². The van der Waals surface area contributed by atoms with Crippen molar-refractivity contribution in [3.8, 4) is 0 Å². The second-order valence-electron chi connectivity index (χ2n) is 6.91. The van der Waals surface area contributed by atoms with E-state index in [0.29, 0.717) is 0 Å². The lowest BCUT2D eigenvalue weighted by Gasteiger charge is -2.32. The lowest BCUT2D eigenvalue weighted by Crippen LogP contribution is -2.27. The zero-order chi connectivity index (χ0) is 15.0. The molecule has 4 atom stereocenters. The van der Waals surface area contributed by atoms with Crippen molar-refractivity contribution < 1.29 is 0 Å². The molecule has 1 saturated heterocycles. The van der Waals surface area contributed by atoms with Crippen LogP contribution >= 0.6 is 47.0 Å². The predicted molar refractivity (Wildman–Crippen MR) is 111 cm³/mol. The van der Waals surface area contributed by atoms with Crippen LogP contribution in [0.1, 0.15) is 64.2 Å². The maximum Gasteiger partial charge on any atom is 0.0166 e. The summed E-state index contributed by atoms with van der Waals surface area (Å²) in [7, 11) is 0. The molecule has 0 aromatic heterocycles. The van der Waals surface area contributed by atoms with Crippen molar-refractivity contribution in [2.45, 2.75) is 85.2 Å². The molecule has 3 fully saturated rings. The van der Waals surface area contributed by atoms with E-state index in [4.69, 9.17) is 0 Å². The highest BCUT2D eigenvalue weighted by molar-refractivity contribution is 8.04. The molecule has 0 aromatic rings. The van der Waals surface area contributed by atoms with Crippen LogP contribution in [0.4, 0.5) is 0 Å². The van der Waals surface area contributed by atoms with Crippen molar-refractivity contribution in [1.82, 2.24) is 0 Å². The van der Waals surface area contributed by atoms with E-state index in [1.54, 1.807) is 0 Å². The van der Waals surface area contributed by atoms with E-state index >= 15 is 0 Å². The van der Waals surface area contributed by atoms with E-state index in [1.807, 2.05) is 0 Å². The van der Waals surface area contributed by atoms with Gasteiger partial charge in [-0.2, -0.15) is 47.0 Å². The standard InChI is InChI=1S/C18H32S4/c1-2-8-16-15(7-1)19-11-5-13-21-17-9-3-4-10-18(17)22-14-6-12-20-16/h15-18H,1-14H2/t15-,16-,17-,18+/m1/s1. The molecule has 1 heterocycles. The number of hydrogen-bond donors (Lipinski definition) is 0. The topological polar surface area (TPSA) is 0 Å². The molecule has 3 aliphatic rings. The van der Waals surface area contributed by atoms with Crippen molar-refractivity contribution in [2.75, 3.05) is 23.0 Å². The van der Waals surface area contributed by atoms with E-state index < -0.39 is 0 Å². The third-order valence-electron chi connectivity index (χ3n) is 5.19. The van der Waals surface area contributed by atoms with Gasteiger partial charge >= 0.3 is 0 Å². The first-order valence-electron chi connectivity index (χ1n) is 9.40. The molecule has 0 nitrogen and oxygen atoms in total. The largest absolute Gasteiger partial charge is 0.157 e. The Balaban J connectivity index is 1.50. The van der Waals surface area contributed by atoms with Gasteiger partial charge in [0.15, 0.2) is 0 Å². The van der Waals surface area contributed by atoms with E-state index in [1.165, 1.54) is 87.2 Å². The van der Waals surface area contributed by atoms with Crippen LogP contribution in [0.5, 0.6) is 0 Å². The van der Waals surface area contributed by atoms with Gasteiger partial charge in [-0.25, -0.2) is 0 Å². The van der Waals surface area contributed by atoms with Gasteiger partial charge in [0.05, 0.1) is 0 Å². The third kappa shape index (κ3) is 5.74. The fraction of sp³-hybridized carbons (Fsp3) is 1.00. The van der Waals surface area contributed by atoms with Gasteiger partial charge < -0.3 is 0 Å². The first-order valence-corrected chi connectivity index (χ1v) is 13.6. The Morgan fingerprint density at radius 3 is 0.909 bits per heavy atom. The molecule has 2 saturated carbocycles. The summed E-state index contributed by atoms with van der Waals surface area (Å²) in [6.07, 6.45) is 14.8. The van der Waals surface area contributed by atoms with Gasteiger partial charge in [0.1, 0.15) is 0 Å². The molecule has 0 amide bonds. The Morgan fingerprint density at radius 2 is 0.636 bits per heavy atom. The average Bonchev–Trinajstić information content (AvgIpc) is 2.56. The predicted octanol–water partition coefficient (Wildman–Crippen LogP) is 6.34. The normalized spacial score (nSPS) is 39.3. The minimum atomic E-state index is 0.974. The van der Waals surface area contributed by atoms with Gasteiger partial charge in [0.25, 0.3) is 0 Å². The molecule has 2 aliphatic carbocycles. The molecule has 0 spiro atoms. The summed E-state index contributed by atoms with van der Waals surface area (Å²) in [5.41, 5.74) is 0. The Bertz CT molecular complexity index is 251. The number of thioether (sulfide) groups is 4. The molecule has 0 radical (unpaired) electrons. The lowest BCUT2D eigenvalue weighted by molar-refractivity contribution is 0.526. The third-order valence-corrected chi connectivity index (χ3v) is 11.6. The molecule has 1 aliphatic heterocycles. The molecule has 0 N–H and O–H groups in total. The van der Waals surface area contributed by atoms with Crippen molar-refractivity contribution >= 4 is 47.0 Å². The first kappa shape index (κ1) is 18.2. The summed E-state index contributed by atoms with van der Waals surface area (Å²) < 4.78 is 0. The molecule has 3 rings (SSSR count). The van der Waals surface area contributed by atoms with Gasteiger partial charge in [0, 0.05) is 21.0 Å². The maximum absolute atomic E-state index is 2.32. The maximum atomic E-state index is 2.32. The summed E-state index contributed by atoms with van der Waals surface area (Å²) in [5, 5.41) is 3.90. The SMILES string of the molecule is C1CS[C@H]2CCCC[C@H]2SCCCS[C@@H]2CCCC[C@H]2SC1. The van der Waals surface area contributed by atoms with Crippen molar-refractivity contribution in [2.24, 2.45) is 0 Å². The molecule has 0 aromatic carbocycles. The second kappa shape index (κ2) is 10.4.